The predicted octanol–water partition coefficient (Wildman–Crippen LogP) is 2.88. The van der Waals surface area contributed by atoms with Crippen molar-refractivity contribution >= 4 is 35.1 Å². The van der Waals surface area contributed by atoms with E-state index >= 15 is 0 Å². The summed E-state index contributed by atoms with van der Waals surface area (Å²) in [7, 11) is 0. The van der Waals surface area contributed by atoms with E-state index in [0.717, 1.165) is 11.8 Å². The summed E-state index contributed by atoms with van der Waals surface area (Å²) in [5.41, 5.74) is 0.438. The molecule has 1 heterocycles. The molecule has 0 spiro atoms. The molecule has 0 fully saturated rings. The fourth-order valence-corrected chi connectivity index (χ4v) is 3.05. The summed E-state index contributed by atoms with van der Waals surface area (Å²) < 4.78 is 4.98. The zero-order valence-electron chi connectivity index (χ0n) is 13.1. The smallest absolute Gasteiger partial charge is 0.346 e. The fraction of sp³-hybridized carbons (Fsp3) is 0.250. The normalized spacial score (nSPS) is 10.5. The summed E-state index contributed by atoms with van der Waals surface area (Å²) >= 11 is 6.82. The van der Waals surface area contributed by atoms with Crippen LogP contribution >= 0.6 is 23.4 Å². The molecule has 126 valence electrons. The van der Waals surface area contributed by atoms with Crippen molar-refractivity contribution in [3.63, 3.8) is 0 Å². The van der Waals surface area contributed by atoms with Crippen molar-refractivity contribution in [1.29, 1.82) is 0 Å². The molecule has 0 aliphatic carbocycles. The van der Waals surface area contributed by atoms with Crippen molar-refractivity contribution in [1.82, 2.24) is 9.97 Å². The topological polar surface area (TPSA) is 89.1 Å². The average molecular weight is 367 g/mol. The second-order valence-corrected chi connectivity index (χ2v) is 6.19. The molecule has 0 aliphatic heterocycles. The molecule has 0 amide bonds. The van der Waals surface area contributed by atoms with Gasteiger partial charge in [-0.2, -0.15) is 4.98 Å². The van der Waals surface area contributed by atoms with Gasteiger partial charge in [-0.1, -0.05) is 23.4 Å². The molecule has 0 atom stereocenters. The number of ether oxygens (including phenoxy) is 1. The average Bonchev–Trinajstić information content (AvgIpc) is 2.52. The number of rotatable bonds is 6. The fourth-order valence-electron chi connectivity index (χ4n) is 1.96. The molecule has 2 rings (SSSR count). The number of nitrogens with one attached hydrogen (secondary N) is 1. The first-order chi connectivity index (χ1) is 11.4. The molecule has 1 aromatic heterocycles. The number of esters is 1. The number of Topliss-reactive ketones (excluding diaryl/α,β-unsaturated/α-hetero) is 1. The number of aromatic amines is 1. The van der Waals surface area contributed by atoms with Gasteiger partial charge in [-0.05, 0) is 38.1 Å². The molecule has 8 heteroatoms. The van der Waals surface area contributed by atoms with Gasteiger partial charge >= 0.3 is 11.7 Å². The third kappa shape index (κ3) is 4.46. The third-order valence-corrected chi connectivity index (χ3v) is 4.30. The summed E-state index contributed by atoms with van der Waals surface area (Å²) in [6.45, 7) is 3.47. The maximum absolute atomic E-state index is 12.2. The van der Waals surface area contributed by atoms with Gasteiger partial charge in [0.05, 0.1) is 12.4 Å². The number of ketones is 1. The number of aromatic nitrogens is 2. The van der Waals surface area contributed by atoms with Crippen molar-refractivity contribution in [3.8, 4) is 0 Å². The Labute approximate surface area is 147 Å². The van der Waals surface area contributed by atoms with E-state index in [1.165, 1.54) is 0 Å². The second-order valence-electron chi connectivity index (χ2n) is 4.79. The highest BCUT2D eigenvalue weighted by atomic mass is 35.5. The molecule has 0 unspecified atom stereocenters. The summed E-state index contributed by atoms with van der Waals surface area (Å²) in [5.74, 6) is -0.712. The molecule has 0 bridgehead atoms. The van der Waals surface area contributed by atoms with E-state index in [1.807, 2.05) is 0 Å². The number of H-pyrrole nitrogens is 1. The Hall–Kier alpha value is -2.12. The molecular formula is C16H15ClN2O4S. The highest BCUT2D eigenvalue weighted by Gasteiger charge is 2.20. The first kappa shape index (κ1) is 18.2. The zero-order chi connectivity index (χ0) is 17.7. The number of aryl methyl sites for hydroxylation is 1. The SMILES string of the molecule is CCOC(=O)c1c(SCC(=O)c2ccc(Cl)cc2)nc(=O)[nH]c1C. The number of hydrogen-bond acceptors (Lipinski definition) is 6. The Morgan fingerprint density at radius 2 is 1.96 bits per heavy atom. The van der Waals surface area contributed by atoms with Crippen LogP contribution in [0.4, 0.5) is 0 Å². The number of nitrogens with zero attached hydrogens (tertiary/aromatic N) is 1. The lowest BCUT2D eigenvalue weighted by atomic mass is 10.1. The lowest BCUT2D eigenvalue weighted by molar-refractivity contribution is 0.0519. The molecule has 1 aromatic carbocycles. The number of carbonyl (C=O) groups is 2. The van der Waals surface area contributed by atoms with Crippen molar-refractivity contribution < 1.29 is 14.3 Å². The minimum absolute atomic E-state index is 0.0317. The molecule has 2 aromatic rings. The van der Waals surface area contributed by atoms with Crippen LogP contribution in [0.3, 0.4) is 0 Å². The lowest BCUT2D eigenvalue weighted by Gasteiger charge is -2.09. The van der Waals surface area contributed by atoms with Gasteiger partial charge in [0.15, 0.2) is 5.78 Å². The second kappa shape index (κ2) is 8.12. The molecular weight excluding hydrogens is 352 g/mol. The number of benzene rings is 1. The van der Waals surface area contributed by atoms with E-state index in [2.05, 4.69) is 9.97 Å². The number of carbonyl (C=O) groups excluding carboxylic acids is 2. The van der Waals surface area contributed by atoms with Crippen molar-refractivity contribution in [2.75, 3.05) is 12.4 Å². The first-order valence-corrected chi connectivity index (χ1v) is 8.48. The summed E-state index contributed by atoms with van der Waals surface area (Å²) in [6, 6.07) is 6.49. The molecule has 0 aliphatic rings. The van der Waals surface area contributed by atoms with Crippen molar-refractivity contribution in [3.05, 3.63) is 56.6 Å². The van der Waals surface area contributed by atoms with Crippen LogP contribution in [-0.4, -0.2) is 34.1 Å². The van der Waals surface area contributed by atoms with Gasteiger partial charge < -0.3 is 9.72 Å². The van der Waals surface area contributed by atoms with Crippen LogP contribution in [0, 0.1) is 6.92 Å². The van der Waals surface area contributed by atoms with Gasteiger partial charge in [-0.15, -0.1) is 0 Å². The molecule has 0 saturated carbocycles. The standard InChI is InChI=1S/C16H15ClN2O4S/c1-3-23-15(21)13-9(2)18-16(22)19-14(13)24-8-12(20)10-4-6-11(17)7-5-10/h4-7H,3,8H2,1-2H3,(H,18,19,22). The Bertz CT molecular complexity index is 818. The van der Waals surface area contributed by atoms with Crippen LogP contribution in [0.2, 0.25) is 5.02 Å². The number of thioether (sulfide) groups is 1. The van der Waals surface area contributed by atoms with Gasteiger partial charge in [0.1, 0.15) is 10.6 Å². The van der Waals surface area contributed by atoms with E-state index in [4.69, 9.17) is 16.3 Å². The minimum Gasteiger partial charge on any atom is -0.462 e. The maximum atomic E-state index is 12.2. The largest absolute Gasteiger partial charge is 0.462 e. The molecule has 24 heavy (non-hydrogen) atoms. The van der Waals surface area contributed by atoms with Crippen LogP contribution < -0.4 is 5.69 Å². The van der Waals surface area contributed by atoms with Crippen LogP contribution in [0.15, 0.2) is 34.1 Å². The van der Waals surface area contributed by atoms with Crippen molar-refractivity contribution in [2.45, 2.75) is 18.9 Å². The number of hydrogen-bond donors (Lipinski definition) is 1. The first-order valence-electron chi connectivity index (χ1n) is 7.12. The van der Waals surface area contributed by atoms with Crippen molar-refractivity contribution in [2.24, 2.45) is 0 Å². The van der Waals surface area contributed by atoms with E-state index < -0.39 is 11.7 Å². The zero-order valence-corrected chi connectivity index (χ0v) is 14.7. The molecule has 1 N–H and O–H groups in total. The molecule has 0 saturated heterocycles. The van der Waals surface area contributed by atoms with E-state index in [1.54, 1.807) is 38.1 Å². The van der Waals surface area contributed by atoms with Gasteiger partial charge in [0.25, 0.3) is 0 Å². The van der Waals surface area contributed by atoms with Crippen LogP contribution in [0.5, 0.6) is 0 Å². The van der Waals surface area contributed by atoms with Gasteiger partial charge in [-0.3, -0.25) is 4.79 Å². The third-order valence-electron chi connectivity index (χ3n) is 3.07. The minimum atomic E-state index is -0.583. The Morgan fingerprint density at radius 3 is 2.58 bits per heavy atom. The van der Waals surface area contributed by atoms with Gasteiger partial charge in [-0.25, -0.2) is 9.59 Å². The highest BCUT2D eigenvalue weighted by molar-refractivity contribution is 8.00. The molecule has 6 nitrogen and oxygen atoms in total. The summed E-state index contributed by atoms with van der Waals surface area (Å²) in [5, 5.41) is 0.715. The van der Waals surface area contributed by atoms with Crippen LogP contribution in [0.25, 0.3) is 0 Å². The Balaban J connectivity index is 2.22. The van der Waals surface area contributed by atoms with E-state index in [-0.39, 0.29) is 28.7 Å². The van der Waals surface area contributed by atoms with Gasteiger partial charge in [0, 0.05) is 16.3 Å². The highest BCUT2D eigenvalue weighted by Crippen LogP contribution is 2.23. The Morgan fingerprint density at radius 1 is 1.29 bits per heavy atom. The summed E-state index contributed by atoms with van der Waals surface area (Å²) in [6.07, 6.45) is 0. The lowest BCUT2D eigenvalue weighted by Crippen LogP contribution is -2.20. The van der Waals surface area contributed by atoms with E-state index in [9.17, 15) is 14.4 Å². The molecule has 0 radical (unpaired) electrons. The van der Waals surface area contributed by atoms with Crippen LogP contribution in [-0.2, 0) is 4.74 Å². The summed E-state index contributed by atoms with van der Waals surface area (Å²) in [4.78, 5) is 42.1. The van der Waals surface area contributed by atoms with E-state index in [0.29, 0.717) is 16.3 Å². The predicted molar refractivity (Wildman–Crippen MR) is 92.1 cm³/mol. The van der Waals surface area contributed by atoms with Crippen LogP contribution in [0.1, 0.15) is 33.3 Å². The number of halogens is 1. The Kier molecular flexibility index (Phi) is 6.16. The quantitative estimate of drug-likeness (QED) is 0.366. The monoisotopic (exact) mass is 366 g/mol. The maximum Gasteiger partial charge on any atom is 0.346 e. The van der Waals surface area contributed by atoms with Gasteiger partial charge in [0.2, 0.25) is 0 Å².